The van der Waals surface area contributed by atoms with E-state index in [-0.39, 0.29) is 16.8 Å². The summed E-state index contributed by atoms with van der Waals surface area (Å²) in [4.78, 5) is 15.0. The molecule has 1 atom stereocenters. The monoisotopic (exact) mass is 409 g/mol. The Hall–Kier alpha value is -1.52. The first-order valence-electron chi connectivity index (χ1n) is 9.86. The van der Waals surface area contributed by atoms with Gasteiger partial charge in [-0.2, -0.15) is 4.31 Å². The number of rotatable bonds is 5. The van der Waals surface area contributed by atoms with Crippen molar-refractivity contribution in [1.82, 2.24) is 4.31 Å². The summed E-state index contributed by atoms with van der Waals surface area (Å²) in [5.74, 6) is -1.86. The van der Waals surface area contributed by atoms with Crippen LogP contribution in [-0.4, -0.2) is 57.5 Å². The van der Waals surface area contributed by atoms with E-state index in [0.717, 1.165) is 12.8 Å². The number of ether oxygens (including phenoxy) is 2. The van der Waals surface area contributed by atoms with Crippen LogP contribution in [0.1, 0.15) is 38.2 Å². The normalized spacial score (nSPS) is 23.4. The van der Waals surface area contributed by atoms with E-state index in [1.54, 1.807) is 23.1 Å². The van der Waals surface area contributed by atoms with Crippen LogP contribution in [0.5, 0.6) is 0 Å². The molecular formula is C19H27N3O5S. The van der Waals surface area contributed by atoms with Crippen molar-refractivity contribution in [1.29, 1.82) is 0 Å². The molecule has 2 saturated heterocycles. The summed E-state index contributed by atoms with van der Waals surface area (Å²) in [7, 11) is -3.60. The molecule has 0 radical (unpaired) electrons. The molecule has 0 bridgehead atoms. The number of carbonyl (C=O) groups is 1. The van der Waals surface area contributed by atoms with Crippen LogP contribution in [0.15, 0.2) is 23.1 Å². The smallest absolute Gasteiger partial charge is 0.292 e. The van der Waals surface area contributed by atoms with Crippen molar-refractivity contribution in [3.05, 3.63) is 23.8 Å². The summed E-state index contributed by atoms with van der Waals surface area (Å²) in [5.41, 5.74) is 6.98. The fraction of sp³-hybridized carbons (Fsp3) is 0.632. The summed E-state index contributed by atoms with van der Waals surface area (Å²) in [6, 6.07) is 4.75. The molecule has 154 valence electrons. The summed E-state index contributed by atoms with van der Waals surface area (Å²) in [6.07, 6.45) is 3.04. The number of sulfonamides is 1. The van der Waals surface area contributed by atoms with Crippen LogP contribution in [0, 0.1) is 0 Å². The Morgan fingerprint density at radius 1 is 1.18 bits per heavy atom. The van der Waals surface area contributed by atoms with Gasteiger partial charge in [-0.1, -0.05) is 0 Å². The first-order valence-corrected chi connectivity index (χ1v) is 11.3. The fourth-order valence-electron chi connectivity index (χ4n) is 4.02. The lowest BCUT2D eigenvalue weighted by molar-refractivity contribution is -0.256. The van der Waals surface area contributed by atoms with Crippen LogP contribution in [0.4, 0.5) is 5.69 Å². The van der Waals surface area contributed by atoms with Crippen LogP contribution in [0.25, 0.3) is 0 Å². The van der Waals surface area contributed by atoms with Crippen LogP contribution in [-0.2, 0) is 30.1 Å². The predicted octanol–water partition coefficient (Wildman–Crippen LogP) is 1.14. The topological polar surface area (TPSA) is 102 Å². The Morgan fingerprint density at radius 3 is 2.50 bits per heavy atom. The highest BCUT2D eigenvalue weighted by Gasteiger charge is 2.55. The molecule has 28 heavy (non-hydrogen) atoms. The number of carbonyl (C=O) groups excluding carboxylic acids is 1. The van der Waals surface area contributed by atoms with Gasteiger partial charge in [-0.15, -0.1) is 0 Å². The average molecular weight is 410 g/mol. The van der Waals surface area contributed by atoms with Crippen molar-refractivity contribution in [3.8, 4) is 0 Å². The van der Waals surface area contributed by atoms with Crippen molar-refractivity contribution in [2.24, 2.45) is 5.73 Å². The maximum atomic E-state index is 13.2. The standard InChI is InChI=1S/C19H27N3O5S/c1-14(20)7-10-22-17-6-5-15(28(24,25)21-8-2-3-9-21)13-16(17)19(18(22)23)26-11-4-12-27-19/h5-6,13-14H,2-4,7-12,20H2,1H3. The predicted molar refractivity (Wildman–Crippen MR) is 103 cm³/mol. The Labute approximate surface area is 165 Å². The molecule has 8 nitrogen and oxygen atoms in total. The van der Waals surface area contributed by atoms with E-state index in [1.807, 2.05) is 6.92 Å². The lowest BCUT2D eigenvalue weighted by atomic mass is 10.1. The van der Waals surface area contributed by atoms with Crippen molar-refractivity contribution in [3.63, 3.8) is 0 Å². The summed E-state index contributed by atoms with van der Waals surface area (Å²) in [6.45, 7) is 4.13. The van der Waals surface area contributed by atoms with E-state index in [0.29, 0.717) is 56.9 Å². The van der Waals surface area contributed by atoms with Crippen molar-refractivity contribution >= 4 is 21.6 Å². The highest BCUT2D eigenvalue weighted by Crippen LogP contribution is 2.46. The number of fused-ring (bicyclic) bond motifs is 2. The van der Waals surface area contributed by atoms with E-state index in [9.17, 15) is 13.2 Å². The second kappa shape index (κ2) is 7.38. The molecule has 0 aromatic heterocycles. The van der Waals surface area contributed by atoms with Gasteiger partial charge in [0.25, 0.3) is 11.7 Å². The summed E-state index contributed by atoms with van der Waals surface area (Å²) < 4.78 is 39.2. The lowest BCUT2D eigenvalue weighted by Crippen LogP contribution is -2.47. The Morgan fingerprint density at radius 2 is 1.86 bits per heavy atom. The van der Waals surface area contributed by atoms with Crippen LogP contribution >= 0.6 is 0 Å². The highest BCUT2D eigenvalue weighted by molar-refractivity contribution is 7.89. The quantitative estimate of drug-likeness (QED) is 0.783. The third kappa shape index (κ3) is 3.15. The molecule has 3 heterocycles. The minimum atomic E-state index is -3.60. The zero-order valence-corrected chi connectivity index (χ0v) is 16.9. The van der Waals surface area contributed by atoms with E-state index in [4.69, 9.17) is 15.2 Å². The van der Waals surface area contributed by atoms with Crippen LogP contribution < -0.4 is 10.6 Å². The fourth-order valence-corrected chi connectivity index (χ4v) is 5.56. The second-order valence-corrected chi connectivity index (χ2v) is 9.62. The molecule has 9 heteroatoms. The lowest BCUT2D eigenvalue weighted by Gasteiger charge is -2.32. The van der Waals surface area contributed by atoms with E-state index >= 15 is 0 Å². The van der Waals surface area contributed by atoms with Crippen molar-refractivity contribution in [2.45, 2.75) is 49.3 Å². The number of anilines is 1. The third-order valence-corrected chi connectivity index (χ3v) is 7.44. The van der Waals surface area contributed by atoms with Crippen molar-refractivity contribution < 1.29 is 22.7 Å². The van der Waals surface area contributed by atoms with Gasteiger partial charge in [0.2, 0.25) is 10.0 Å². The number of nitrogens with two attached hydrogens (primary N) is 1. The molecule has 1 aromatic carbocycles. The molecule has 1 spiro atoms. The molecule has 0 aliphatic carbocycles. The van der Waals surface area contributed by atoms with Gasteiger partial charge >= 0.3 is 0 Å². The minimum Gasteiger partial charge on any atom is -0.338 e. The second-order valence-electron chi connectivity index (χ2n) is 7.68. The largest absolute Gasteiger partial charge is 0.338 e. The van der Waals surface area contributed by atoms with E-state index < -0.39 is 15.8 Å². The molecule has 1 unspecified atom stereocenters. The molecule has 1 aromatic rings. The maximum Gasteiger partial charge on any atom is 0.292 e. The number of hydrogen-bond acceptors (Lipinski definition) is 6. The molecule has 3 aliphatic heterocycles. The summed E-state index contributed by atoms with van der Waals surface area (Å²) >= 11 is 0. The Balaban J connectivity index is 1.76. The van der Waals surface area contributed by atoms with Gasteiger partial charge in [-0.3, -0.25) is 4.79 Å². The molecule has 0 saturated carbocycles. The SMILES string of the molecule is CC(N)CCN1C(=O)C2(OCCCO2)c2cc(S(=O)(=O)N3CCCC3)ccc21. The Bertz CT molecular complexity index is 858. The zero-order chi connectivity index (χ0) is 19.9. The van der Waals surface area contributed by atoms with Gasteiger partial charge in [-0.05, 0) is 50.8 Å². The van der Waals surface area contributed by atoms with Gasteiger partial charge < -0.3 is 20.1 Å². The molecule has 1 amide bonds. The van der Waals surface area contributed by atoms with Crippen LogP contribution in [0.2, 0.25) is 0 Å². The number of nitrogens with zero attached hydrogens (tertiary/aromatic N) is 2. The van der Waals surface area contributed by atoms with Crippen molar-refractivity contribution in [2.75, 3.05) is 37.7 Å². The zero-order valence-electron chi connectivity index (χ0n) is 16.1. The van der Waals surface area contributed by atoms with Gasteiger partial charge in [0.1, 0.15) is 0 Å². The molecule has 3 aliphatic rings. The van der Waals surface area contributed by atoms with E-state index in [1.165, 1.54) is 4.31 Å². The van der Waals surface area contributed by atoms with Gasteiger partial charge in [-0.25, -0.2) is 8.42 Å². The highest BCUT2D eigenvalue weighted by atomic mass is 32.2. The first kappa shape index (κ1) is 19.8. The molecule has 2 fully saturated rings. The summed E-state index contributed by atoms with van der Waals surface area (Å²) in [5, 5.41) is 0. The van der Waals surface area contributed by atoms with Crippen LogP contribution in [0.3, 0.4) is 0 Å². The van der Waals surface area contributed by atoms with E-state index in [2.05, 4.69) is 0 Å². The first-order chi connectivity index (χ1) is 13.4. The minimum absolute atomic E-state index is 0.0594. The Kier molecular flexibility index (Phi) is 5.22. The third-order valence-electron chi connectivity index (χ3n) is 5.55. The van der Waals surface area contributed by atoms with Gasteiger partial charge in [0.15, 0.2) is 0 Å². The molecule has 2 N–H and O–H groups in total. The molecule has 4 rings (SSSR count). The maximum absolute atomic E-state index is 13.2. The number of amides is 1. The van der Waals surface area contributed by atoms with Gasteiger partial charge in [0, 0.05) is 31.2 Å². The average Bonchev–Trinajstić information content (AvgIpc) is 3.29. The number of hydrogen-bond donors (Lipinski definition) is 1. The van der Waals surface area contributed by atoms with Gasteiger partial charge in [0.05, 0.1) is 23.8 Å². The number of benzene rings is 1. The molecular weight excluding hydrogens is 382 g/mol.